The van der Waals surface area contributed by atoms with E-state index in [2.05, 4.69) is 28.6 Å². The Balaban J connectivity index is 2.80. The molecule has 4 atom stereocenters. The van der Waals surface area contributed by atoms with Gasteiger partial charge in [0.1, 0.15) is 18.1 Å². The van der Waals surface area contributed by atoms with Crippen LogP contribution in [0.25, 0.3) is 0 Å². The van der Waals surface area contributed by atoms with E-state index >= 15 is 0 Å². The van der Waals surface area contributed by atoms with Crippen LogP contribution in [0, 0.1) is 5.92 Å². The third-order valence-corrected chi connectivity index (χ3v) is 6.03. The molecule has 0 fully saturated rings. The molecule has 34 heavy (non-hydrogen) atoms. The van der Waals surface area contributed by atoms with E-state index in [1.807, 2.05) is 50.4 Å². The zero-order valence-electron chi connectivity index (χ0n) is 19.8. The number of nitrogens with one attached hydrogen (secondary N) is 3. The van der Waals surface area contributed by atoms with Crippen molar-refractivity contribution in [1.82, 2.24) is 16.0 Å². The van der Waals surface area contributed by atoms with E-state index in [0.29, 0.717) is 18.6 Å². The van der Waals surface area contributed by atoms with Crippen LogP contribution in [-0.4, -0.2) is 70.7 Å². The van der Waals surface area contributed by atoms with Crippen LogP contribution in [0.15, 0.2) is 30.3 Å². The van der Waals surface area contributed by atoms with Gasteiger partial charge in [-0.25, -0.2) is 4.79 Å². The maximum Gasteiger partial charge on any atom is 0.326 e. The molecular formula is C23H36N4O5S2. The average Bonchev–Trinajstić information content (AvgIpc) is 2.79. The molecule has 0 radical (unpaired) electrons. The molecule has 0 aliphatic carbocycles. The number of nitrogens with two attached hydrogens (primary N) is 1. The highest BCUT2D eigenvalue weighted by atomic mass is 32.2. The fraction of sp³-hybridized carbons (Fsp3) is 0.565. The Labute approximate surface area is 210 Å². The molecule has 3 amide bonds. The normalized spacial score (nSPS) is 14.5. The lowest BCUT2D eigenvalue weighted by Gasteiger charge is -2.25. The van der Waals surface area contributed by atoms with Crippen molar-refractivity contribution in [1.29, 1.82) is 0 Å². The molecule has 0 heterocycles. The molecule has 4 unspecified atom stereocenters. The molecule has 0 spiro atoms. The first-order chi connectivity index (χ1) is 16.1. The molecule has 0 saturated heterocycles. The van der Waals surface area contributed by atoms with Gasteiger partial charge in [-0.15, -0.1) is 0 Å². The van der Waals surface area contributed by atoms with Crippen LogP contribution in [0.4, 0.5) is 0 Å². The number of thiol groups is 1. The summed E-state index contributed by atoms with van der Waals surface area (Å²) in [6.07, 6.45) is 2.73. The zero-order chi connectivity index (χ0) is 25.7. The quantitative estimate of drug-likeness (QED) is 0.190. The van der Waals surface area contributed by atoms with Crippen LogP contribution in [0.1, 0.15) is 32.3 Å². The highest BCUT2D eigenvalue weighted by Gasteiger charge is 2.30. The second kappa shape index (κ2) is 15.6. The van der Waals surface area contributed by atoms with E-state index < -0.39 is 47.9 Å². The van der Waals surface area contributed by atoms with Gasteiger partial charge in [0.15, 0.2) is 0 Å². The van der Waals surface area contributed by atoms with Crippen molar-refractivity contribution in [3.63, 3.8) is 0 Å². The van der Waals surface area contributed by atoms with Crippen LogP contribution >= 0.6 is 24.4 Å². The molecule has 9 nitrogen and oxygen atoms in total. The van der Waals surface area contributed by atoms with Gasteiger partial charge < -0.3 is 26.8 Å². The minimum Gasteiger partial charge on any atom is -0.480 e. The maximum absolute atomic E-state index is 12.8. The predicted molar refractivity (Wildman–Crippen MR) is 138 cm³/mol. The Morgan fingerprint density at radius 2 is 1.53 bits per heavy atom. The molecule has 0 aliphatic heterocycles. The van der Waals surface area contributed by atoms with E-state index in [-0.39, 0.29) is 18.1 Å². The first kappa shape index (κ1) is 29.8. The summed E-state index contributed by atoms with van der Waals surface area (Å²) in [7, 11) is 0. The minimum atomic E-state index is -1.13. The van der Waals surface area contributed by atoms with E-state index in [4.69, 9.17) is 5.73 Å². The molecule has 1 aromatic rings. The van der Waals surface area contributed by atoms with Gasteiger partial charge in [0.25, 0.3) is 0 Å². The van der Waals surface area contributed by atoms with E-state index in [1.165, 1.54) is 11.8 Å². The van der Waals surface area contributed by atoms with E-state index in [1.54, 1.807) is 0 Å². The van der Waals surface area contributed by atoms with Gasteiger partial charge in [0, 0.05) is 5.75 Å². The molecular weight excluding hydrogens is 476 g/mol. The standard InChI is InChI=1S/C23H36N4O5S2/c1-14(2)11-18(23(31)32)26-21(29)17(9-10-34-3)25-22(30)19(13-33)27-20(28)16(24)12-15-7-5-4-6-8-15/h4-8,14,16-19,33H,9-13,24H2,1-3H3,(H,25,30)(H,26,29)(H,27,28)(H,31,32). The molecule has 0 aromatic heterocycles. The van der Waals surface area contributed by atoms with Crippen LogP contribution < -0.4 is 21.7 Å². The number of carbonyl (C=O) groups is 4. The third kappa shape index (κ3) is 10.8. The molecule has 6 N–H and O–H groups in total. The fourth-order valence-corrected chi connectivity index (χ4v) is 3.90. The second-order valence-corrected chi connectivity index (χ2v) is 9.76. The lowest BCUT2D eigenvalue weighted by atomic mass is 10.0. The van der Waals surface area contributed by atoms with Crippen molar-refractivity contribution in [2.45, 2.75) is 57.3 Å². The van der Waals surface area contributed by atoms with Crippen molar-refractivity contribution < 1.29 is 24.3 Å². The van der Waals surface area contributed by atoms with Crippen LogP contribution in [0.5, 0.6) is 0 Å². The van der Waals surface area contributed by atoms with Crippen molar-refractivity contribution in [2.24, 2.45) is 11.7 Å². The lowest BCUT2D eigenvalue weighted by Crippen LogP contribution is -2.58. The molecule has 0 bridgehead atoms. The lowest BCUT2D eigenvalue weighted by molar-refractivity contribution is -0.142. The summed E-state index contributed by atoms with van der Waals surface area (Å²) < 4.78 is 0. The van der Waals surface area contributed by atoms with Gasteiger partial charge in [0.2, 0.25) is 17.7 Å². The summed E-state index contributed by atoms with van der Waals surface area (Å²) in [6, 6.07) is 5.39. The largest absolute Gasteiger partial charge is 0.480 e. The van der Waals surface area contributed by atoms with Gasteiger partial charge in [-0.1, -0.05) is 44.2 Å². The predicted octanol–water partition coefficient (Wildman–Crippen LogP) is 0.824. The summed E-state index contributed by atoms with van der Waals surface area (Å²) in [5.74, 6) is -2.19. The molecule has 1 rings (SSSR count). The number of rotatable bonds is 15. The van der Waals surface area contributed by atoms with E-state index in [9.17, 15) is 24.3 Å². The van der Waals surface area contributed by atoms with Crippen LogP contribution in [-0.2, 0) is 25.6 Å². The molecule has 190 valence electrons. The fourth-order valence-electron chi connectivity index (χ4n) is 3.18. The zero-order valence-corrected chi connectivity index (χ0v) is 21.5. The van der Waals surface area contributed by atoms with E-state index in [0.717, 1.165) is 5.56 Å². The van der Waals surface area contributed by atoms with Crippen LogP contribution in [0.3, 0.4) is 0 Å². The molecule has 0 aliphatic rings. The van der Waals surface area contributed by atoms with Gasteiger partial charge in [-0.3, -0.25) is 14.4 Å². The number of benzene rings is 1. The van der Waals surface area contributed by atoms with Crippen molar-refractivity contribution in [3.8, 4) is 0 Å². The number of aliphatic carboxylic acids is 1. The van der Waals surface area contributed by atoms with Gasteiger partial charge >= 0.3 is 5.97 Å². The summed E-state index contributed by atoms with van der Waals surface area (Å²) in [5, 5.41) is 17.2. The number of carboxylic acids is 1. The summed E-state index contributed by atoms with van der Waals surface area (Å²) in [4.78, 5) is 49.7. The first-order valence-electron chi connectivity index (χ1n) is 11.1. The molecule has 11 heteroatoms. The second-order valence-electron chi connectivity index (χ2n) is 8.41. The van der Waals surface area contributed by atoms with Crippen molar-refractivity contribution in [3.05, 3.63) is 35.9 Å². The Morgan fingerprint density at radius 3 is 2.06 bits per heavy atom. The number of amides is 3. The Bertz CT molecular complexity index is 810. The van der Waals surface area contributed by atoms with Gasteiger partial charge in [0.05, 0.1) is 6.04 Å². The summed E-state index contributed by atoms with van der Waals surface area (Å²) in [5.41, 5.74) is 6.89. The number of hydrogen-bond acceptors (Lipinski definition) is 7. The average molecular weight is 513 g/mol. The highest BCUT2D eigenvalue weighted by molar-refractivity contribution is 7.98. The topological polar surface area (TPSA) is 151 Å². The monoisotopic (exact) mass is 512 g/mol. The smallest absolute Gasteiger partial charge is 0.326 e. The summed E-state index contributed by atoms with van der Waals surface area (Å²) >= 11 is 5.65. The molecule has 1 aromatic carbocycles. The number of thioether (sulfide) groups is 1. The Kier molecular flexibility index (Phi) is 13.7. The minimum absolute atomic E-state index is 0.00238. The first-order valence-corrected chi connectivity index (χ1v) is 13.1. The summed E-state index contributed by atoms with van der Waals surface area (Å²) in [6.45, 7) is 3.72. The van der Waals surface area contributed by atoms with Gasteiger partial charge in [-0.2, -0.15) is 24.4 Å². The number of carboxylic acid groups (broad SMARTS) is 1. The Hall–Kier alpha value is -2.24. The van der Waals surface area contributed by atoms with Gasteiger partial charge in [-0.05, 0) is 42.8 Å². The van der Waals surface area contributed by atoms with Crippen molar-refractivity contribution >= 4 is 48.1 Å². The van der Waals surface area contributed by atoms with Crippen LogP contribution in [0.2, 0.25) is 0 Å². The SMILES string of the molecule is CSCCC(NC(=O)C(CS)NC(=O)C(N)Cc1ccccc1)C(=O)NC(CC(C)C)C(=O)O. The molecule has 0 saturated carbocycles. The highest BCUT2D eigenvalue weighted by Crippen LogP contribution is 2.08. The van der Waals surface area contributed by atoms with Crippen molar-refractivity contribution in [2.75, 3.05) is 17.8 Å². The number of carbonyl (C=O) groups excluding carboxylic acids is 3. The maximum atomic E-state index is 12.8. The Morgan fingerprint density at radius 1 is 0.971 bits per heavy atom. The number of hydrogen-bond donors (Lipinski definition) is 6. The third-order valence-electron chi connectivity index (χ3n) is 5.02.